The third kappa shape index (κ3) is 3.08. The number of carbonyl (C=O) groups excluding carboxylic acids is 1. The standard InChI is InChI=1S/C10H16N4O2/c1-6(2)10-12-8(4-9(16)13-10)14(3)5-7(11)15/h4,6H,5H2,1-3H3,(H2,11,15)(H,12,13,16). The molecule has 0 unspecified atom stereocenters. The molecule has 0 bridgehead atoms. The van der Waals surface area contributed by atoms with E-state index < -0.39 is 5.91 Å². The second kappa shape index (κ2) is 4.78. The van der Waals surface area contributed by atoms with Crippen molar-refractivity contribution < 1.29 is 4.79 Å². The lowest BCUT2D eigenvalue weighted by Crippen LogP contribution is -2.32. The Morgan fingerprint density at radius 1 is 1.62 bits per heavy atom. The Morgan fingerprint density at radius 3 is 2.75 bits per heavy atom. The molecule has 16 heavy (non-hydrogen) atoms. The fourth-order valence-electron chi connectivity index (χ4n) is 1.25. The van der Waals surface area contributed by atoms with Gasteiger partial charge in [0.25, 0.3) is 5.56 Å². The van der Waals surface area contributed by atoms with Crippen LogP contribution < -0.4 is 16.2 Å². The molecule has 88 valence electrons. The van der Waals surface area contributed by atoms with E-state index in [1.807, 2.05) is 13.8 Å². The predicted octanol–water partition coefficient (Wildman–Crippen LogP) is -0.185. The molecule has 1 amide bonds. The monoisotopic (exact) mass is 224 g/mol. The molecule has 0 saturated heterocycles. The first-order valence-electron chi connectivity index (χ1n) is 5.01. The van der Waals surface area contributed by atoms with Crippen LogP contribution in [0.3, 0.4) is 0 Å². The van der Waals surface area contributed by atoms with Crippen molar-refractivity contribution in [2.24, 2.45) is 5.73 Å². The van der Waals surface area contributed by atoms with Crippen molar-refractivity contribution in [3.05, 3.63) is 22.2 Å². The summed E-state index contributed by atoms with van der Waals surface area (Å²) in [6.07, 6.45) is 0. The van der Waals surface area contributed by atoms with Gasteiger partial charge < -0.3 is 15.6 Å². The summed E-state index contributed by atoms with van der Waals surface area (Å²) in [6, 6.07) is 1.34. The fourth-order valence-corrected chi connectivity index (χ4v) is 1.25. The maximum absolute atomic E-state index is 11.4. The smallest absolute Gasteiger partial charge is 0.252 e. The van der Waals surface area contributed by atoms with Gasteiger partial charge in [0.15, 0.2) is 0 Å². The van der Waals surface area contributed by atoms with Crippen molar-refractivity contribution >= 4 is 11.7 Å². The zero-order valence-corrected chi connectivity index (χ0v) is 9.65. The molecule has 0 aliphatic heterocycles. The number of carbonyl (C=O) groups is 1. The number of hydrogen-bond acceptors (Lipinski definition) is 4. The second-order valence-corrected chi connectivity index (χ2v) is 3.97. The van der Waals surface area contributed by atoms with Crippen molar-refractivity contribution in [3.63, 3.8) is 0 Å². The molecule has 0 aliphatic carbocycles. The van der Waals surface area contributed by atoms with Gasteiger partial charge >= 0.3 is 0 Å². The Hall–Kier alpha value is -1.85. The minimum atomic E-state index is -0.462. The van der Waals surface area contributed by atoms with Crippen molar-refractivity contribution in [3.8, 4) is 0 Å². The van der Waals surface area contributed by atoms with Gasteiger partial charge in [-0.25, -0.2) is 4.98 Å². The second-order valence-electron chi connectivity index (χ2n) is 3.97. The maximum atomic E-state index is 11.4. The van der Waals surface area contributed by atoms with Crippen LogP contribution in [0.25, 0.3) is 0 Å². The normalized spacial score (nSPS) is 10.5. The Bertz CT molecular complexity index is 439. The highest BCUT2D eigenvalue weighted by atomic mass is 16.1. The molecule has 6 nitrogen and oxygen atoms in total. The van der Waals surface area contributed by atoms with Gasteiger partial charge in [-0.2, -0.15) is 0 Å². The largest absolute Gasteiger partial charge is 0.368 e. The number of nitrogens with two attached hydrogens (primary N) is 1. The van der Waals surface area contributed by atoms with Gasteiger partial charge in [0.05, 0.1) is 6.54 Å². The summed E-state index contributed by atoms with van der Waals surface area (Å²) in [5.74, 6) is 0.704. The molecule has 0 fully saturated rings. The van der Waals surface area contributed by atoms with Gasteiger partial charge in [0, 0.05) is 19.0 Å². The van der Waals surface area contributed by atoms with Crippen LogP contribution in [-0.2, 0) is 4.79 Å². The highest BCUT2D eigenvalue weighted by Gasteiger charge is 2.10. The van der Waals surface area contributed by atoms with Crippen LogP contribution in [0.4, 0.5) is 5.82 Å². The lowest BCUT2D eigenvalue weighted by atomic mass is 10.2. The number of rotatable bonds is 4. The number of aromatic amines is 1. The van der Waals surface area contributed by atoms with Crippen molar-refractivity contribution in [1.82, 2.24) is 9.97 Å². The number of nitrogens with one attached hydrogen (secondary N) is 1. The summed E-state index contributed by atoms with van der Waals surface area (Å²) >= 11 is 0. The molecule has 0 spiro atoms. The number of primary amides is 1. The molecular weight excluding hydrogens is 208 g/mol. The lowest BCUT2D eigenvalue weighted by Gasteiger charge is -2.17. The van der Waals surface area contributed by atoms with Crippen LogP contribution >= 0.6 is 0 Å². The SMILES string of the molecule is CC(C)c1nc(N(C)CC(N)=O)cc(=O)[nH]1. The van der Waals surface area contributed by atoms with Crippen LogP contribution in [0.5, 0.6) is 0 Å². The molecule has 3 N–H and O–H groups in total. The van der Waals surface area contributed by atoms with Crippen molar-refractivity contribution in [2.75, 3.05) is 18.5 Å². The number of nitrogens with zero attached hydrogens (tertiary/aromatic N) is 2. The van der Waals surface area contributed by atoms with Gasteiger partial charge in [-0.05, 0) is 0 Å². The summed E-state index contributed by atoms with van der Waals surface area (Å²) in [7, 11) is 1.66. The molecule has 1 rings (SSSR count). The molecule has 0 saturated carbocycles. The fraction of sp³-hybridized carbons (Fsp3) is 0.500. The number of likely N-dealkylation sites (N-methyl/N-ethyl adjacent to an activating group) is 1. The lowest BCUT2D eigenvalue weighted by molar-refractivity contribution is -0.116. The Labute approximate surface area is 93.5 Å². The summed E-state index contributed by atoms with van der Waals surface area (Å²) in [5, 5.41) is 0. The van der Waals surface area contributed by atoms with Gasteiger partial charge in [-0.15, -0.1) is 0 Å². The maximum Gasteiger partial charge on any atom is 0.252 e. The molecular formula is C10H16N4O2. The van der Waals surface area contributed by atoms with E-state index >= 15 is 0 Å². The molecule has 1 aromatic heterocycles. The zero-order chi connectivity index (χ0) is 12.3. The van der Waals surface area contributed by atoms with E-state index in [-0.39, 0.29) is 18.0 Å². The number of hydrogen-bond donors (Lipinski definition) is 2. The Morgan fingerprint density at radius 2 is 2.25 bits per heavy atom. The third-order valence-corrected chi connectivity index (χ3v) is 2.08. The van der Waals surface area contributed by atoms with E-state index in [1.54, 1.807) is 11.9 Å². The summed E-state index contributed by atoms with van der Waals surface area (Å²) in [6.45, 7) is 3.89. The average molecular weight is 224 g/mol. The van der Waals surface area contributed by atoms with E-state index in [0.29, 0.717) is 11.6 Å². The molecule has 1 aromatic rings. The van der Waals surface area contributed by atoms with Crippen LogP contribution in [0.15, 0.2) is 10.9 Å². The number of aromatic nitrogens is 2. The van der Waals surface area contributed by atoms with Gasteiger partial charge in [0.2, 0.25) is 5.91 Å². The number of amides is 1. The molecule has 1 heterocycles. The van der Waals surface area contributed by atoms with E-state index in [9.17, 15) is 9.59 Å². The van der Waals surface area contributed by atoms with Crippen LogP contribution in [-0.4, -0.2) is 29.5 Å². The Balaban J connectivity index is 3.04. The van der Waals surface area contributed by atoms with E-state index in [4.69, 9.17) is 5.73 Å². The topological polar surface area (TPSA) is 92.1 Å². The quantitative estimate of drug-likeness (QED) is 0.741. The number of anilines is 1. The summed E-state index contributed by atoms with van der Waals surface area (Å²) in [4.78, 5) is 30.6. The van der Waals surface area contributed by atoms with E-state index in [2.05, 4.69) is 9.97 Å². The third-order valence-electron chi connectivity index (χ3n) is 2.08. The summed E-state index contributed by atoms with van der Waals surface area (Å²) in [5.41, 5.74) is 4.84. The molecule has 0 atom stereocenters. The average Bonchev–Trinajstić information content (AvgIpc) is 2.15. The first-order valence-corrected chi connectivity index (χ1v) is 5.01. The minimum Gasteiger partial charge on any atom is -0.368 e. The minimum absolute atomic E-state index is 0.0357. The van der Waals surface area contributed by atoms with Crippen LogP contribution in [0.1, 0.15) is 25.6 Å². The number of H-pyrrole nitrogens is 1. The molecule has 0 aliphatic rings. The van der Waals surface area contributed by atoms with Crippen LogP contribution in [0.2, 0.25) is 0 Å². The van der Waals surface area contributed by atoms with Gasteiger partial charge in [-0.1, -0.05) is 13.8 Å². The highest BCUT2D eigenvalue weighted by Crippen LogP contribution is 2.11. The first-order chi connectivity index (χ1) is 7.40. The van der Waals surface area contributed by atoms with Crippen molar-refractivity contribution in [1.29, 1.82) is 0 Å². The summed E-state index contributed by atoms with van der Waals surface area (Å²) < 4.78 is 0. The van der Waals surface area contributed by atoms with Crippen LogP contribution in [0, 0.1) is 0 Å². The van der Waals surface area contributed by atoms with E-state index in [0.717, 1.165) is 0 Å². The van der Waals surface area contributed by atoms with Crippen molar-refractivity contribution in [2.45, 2.75) is 19.8 Å². The molecule has 0 aromatic carbocycles. The predicted molar refractivity (Wildman–Crippen MR) is 61.4 cm³/mol. The zero-order valence-electron chi connectivity index (χ0n) is 9.65. The molecule has 0 radical (unpaired) electrons. The van der Waals surface area contributed by atoms with Gasteiger partial charge in [-0.3, -0.25) is 9.59 Å². The Kier molecular flexibility index (Phi) is 3.65. The van der Waals surface area contributed by atoms with Gasteiger partial charge in [0.1, 0.15) is 11.6 Å². The molecule has 6 heteroatoms. The highest BCUT2D eigenvalue weighted by molar-refractivity contribution is 5.78. The first kappa shape index (κ1) is 12.2. The van der Waals surface area contributed by atoms with E-state index in [1.165, 1.54) is 6.07 Å².